The highest BCUT2D eigenvalue weighted by Gasteiger charge is 2.34. The zero-order valence-corrected chi connectivity index (χ0v) is 8.38. The van der Waals surface area contributed by atoms with Crippen molar-refractivity contribution in [2.45, 2.75) is 12.5 Å². The van der Waals surface area contributed by atoms with E-state index in [0.717, 1.165) is 0 Å². The fourth-order valence-corrected chi connectivity index (χ4v) is 1.70. The van der Waals surface area contributed by atoms with Crippen LogP contribution in [0.2, 0.25) is 0 Å². The molecular weight excluding hydrogens is 242 g/mol. The minimum atomic E-state index is -1.65. The predicted octanol–water partition coefficient (Wildman–Crippen LogP) is 1.34. The maximum Gasteiger partial charge on any atom is 0.229 e. The molecular formula is C10H7F4NO2. The minimum absolute atomic E-state index is 0.0607. The number of amides is 1. The van der Waals surface area contributed by atoms with Gasteiger partial charge in [0, 0.05) is 6.07 Å². The van der Waals surface area contributed by atoms with Gasteiger partial charge in [0.15, 0.2) is 23.3 Å². The summed E-state index contributed by atoms with van der Waals surface area (Å²) in [5, 5.41) is 9.16. The van der Waals surface area contributed by atoms with Crippen molar-refractivity contribution in [2.24, 2.45) is 0 Å². The van der Waals surface area contributed by atoms with Gasteiger partial charge in [-0.3, -0.25) is 4.79 Å². The normalized spacial score (nSPS) is 20.2. The molecule has 1 aliphatic heterocycles. The van der Waals surface area contributed by atoms with Crippen molar-refractivity contribution >= 4 is 11.6 Å². The summed E-state index contributed by atoms with van der Waals surface area (Å²) in [7, 11) is 0. The van der Waals surface area contributed by atoms with E-state index >= 15 is 0 Å². The summed E-state index contributed by atoms with van der Waals surface area (Å²) in [5.41, 5.74) is -1.09. The Bertz CT molecular complexity index is 465. The number of carbonyl (C=O) groups is 1. The Labute approximate surface area is 93.3 Å². The molecule has 17 heavy (non-hydrogen) atoms. The lowest BCUT2D eigenvalue weighted by Crippen LogP contribution is -2.28. The quantitative estimate of drug-likeness (QED) is 0.602. The number of β-amino-alcohol motifs (C(OH)–C–C–N with tert-alkyl or cyclic N) is 1. The number of halogens is 4. The summed E-state index contributed by atoms with van der Waals surface area (Å²) in [5.74, 6) is -7.26. The van der Waals surface area contributed by atoms with Gasteiger partial charge < -0.3 is 10.0 Å². The summed E-state index contributed by atoms with van der Waals surface area (Å²) in [6.07, 6.45) is -1.44. The van der Waals surface area contributed by atoms with Gasteiger partial charge in [-0.05, 0) is 0 Å². The fourth-order valence-electron chi connectivity index (χ4n) is 1.70. The first-order valence-corrected chi connectivity index (χ1v) is 4.73. The monoisotopic (exact) mass is 249 g/mol. The molecule has 0 bridgehead atoms. The number of nitrogens with zero attached hydrogens (tertiary/aromatic N) is 1. The van der Waals surface area contributed by atoms with E-state index in [4.69, 9.17) is 5.11 Å². The third kappa shape index (κ3) is 1.86. The Kier molecular flexibility index (Phi) is 2.78. The van der Waals surface area contributed by atoms with E-state index in [2.05, 4.69) is 0 Å². The number of carbonyl (C=O) groups excluding carboxylic acids is 1. The third-order valence-corrected chi connectivity index (χ3v) is 2.46. The molecule has 0 aromatic heterocycles. The van der Waals surface area contributed by atoms with Crippen molar-refractivity contribution in [2.75, 3.05) is 11.4 Å². The van der Waals surface area contributed by atoms with Crippen molar-refractivity contribution in [1.29, 1.82) is 0 Å². The molecule has 1 N–H and O–H groups in total. The maximum atomic E-state index is 13.3. The second-order valence-corrected chi connectivity index (χ2v) is 3.68. The maximum absolute atomic E-state index is 13.3. The number of benzene rings is 1. The van der Waals surface area contributed by atoms with Crippen molar-refractivity contribution in [3.63, 3.8) is 0 Å². The molecule has 7 heteroatoms. The van der Waals surface area contributed by atoms with Crippen LogP contribution in [-0.4, -0.2) is 23.7 Å². The summed E-state index contributed by atoms with van der Waals surface area (Å²) in [6.45, 7) is -0.393. The van der Waals surface area contributed by atoms with E-state index in [1.54, 1.807) is 0 Å². The van der Waals surface area contributed by atoms with Crippen LogP contribution >= 0.6 is 0 Å². The second kappa shape index (κ2) is 3.99. The van der Waals surface area contributed by atoms with Gasteiger partial charge in [0.05, 0.1) is 19.1 Å². The lowest BCUT2D eigenvalue weighted by molar-refractivity contribution is -0.117. The lowest BCUT2D eigenvalue weighted by Gasteiger charge is -2.17. The first-order chi connectivity index (χ1) is 7.91. The molecule has 1 aromatic rings. The summed E-state index contributed by atoms with van der Waals surface area (Å²) < 4.78 is 52.5. The zero-order valence-electron chi connectivity index (χ0n) is 8.38. The van der Waals surface area contributed by atoms with Crippen molar-refractivity contribution in [1.82, 2.24) is 0 Å². The van der Waals surface area contributed by atoms with Crippen molar-refractivity contribution in [3.05, 3.63) is 29.3 Å². The van der Waals surface area contributed by atoms with Crippen LogP contribution in [0, 0.1) is 23.3 Å². The van der Waals surface area contributed by atoms with Crippen LogP contribution in [0.5, 0.6) is 0 Å². The van der Waals surface area contributed by atoms with Gasteiger partial charge in [0.1, 0.15) is 5.69 Å². The second-order valence-electron chi connectivity index (χ2n) is 3.68. The van der Waals surface area contributed by atoms with Crippen LogP contribution in [0.3, 0.4) is 0 Å². The number of rotatable bonds is 1. The van der Waals surface area contributed by atoms with E-state index in [9.17, 15) is 22.4 Å². The number of aliphatic hydroxyl groups is 1. The SMILES string of the molecule is O=C1CC(O)CN1c1c(F)c(F)cc(F)c1F. The molecule has 0 radical (unpaired) electrons. The van der Waals surface area contributed by atoms with E-state index in [1.165, 1.54) is 0 Å². The predicted molar refractivity (Wildman–Crippen MR) is 49.3 cm³/mol. The lowest BCUT2D eigenvalue weighted by atomic mass is 10.2. The van der Waals surface area contributed by atoms with Gasteiger partial charge in [-0.15, -0.1) is 0 Å². The first-order valence-electron chi connectivity index (χ1n) is 4.73. The third-order valence-electron chi connectivity index (χ3n) is 2.46. The molecule has 1 aromatic carbocycles. The van der Waals surface area contributed by atoms with E-state index < -0.39 is 47.5 Å². The van der Waals surface area contributed by atoms with Gasteiger partial charge in [0.2, 0.25) is 5.91 Å². The van der Waals surface area contributed by atoms with E-state index in [1.807, 2.05) is 0 Å². The average Bonchev–Trinajstić information content (AvgIpc) is 2.56. The van der Waals surface area contributed by atoms with Gasteiger partial charge in [-0.25, -0.2) is 17.6 Å². The van der Waals surface area contributed by atoms with E-state index in [0.29, 0.717) is 4.90 Å². The zero-order chi connectivity index (χ0) is 12.7. The standard InChI is InChI=1S/C10H7F4NO2/c11-5-2-6(12)9(14)10(8(5)13)15-3-4(16)1-7(15)17/h2,4,16H,1,3H2. The van der Waals surface area contributed by atoms with Gasteiger partial charge in [0.25, 0.3) is 0 Å². The fraction of sp³-hybridized carbons (Fsp3) is 0.300. The molecule has 1 heterocycles. The molecule has 0 saturated carbocycles. The van der Waals surface area contributed by atoms with Crippen LogP contribution in [-0.2, 0) is 4.79 Å². The summed E-state index contributed by atoms with van der Waals surface area (Å²) in [6, 6.07) is 0.0607. The van der Waals surface area contributed by atoms with Crippen LogP contribution < -0.4 is 4.90 Å². The average molecular weight is 249 g/mol. The molecule has 0 aliphatic carbocycles. The summed E-state index contributed by atoms with van der Waals surface area (Å²) >= 11 is 0. The Hall–Kier alpha value is -1.63. The van der Waals surface area contributed by atoms with Crippen LogP contribution in [0.1, 0.15) is 6.42 Å². The molecule has 1 aliphatic rings. The molecule has 0 spiro atoms. The molecule has 1 amide bonds. The van der Waals surface area contributed by atoms with Crippen molar-refractivity contribution < 1.29 is 27.5 Å². The van der Waals surface area contributed by atoms with Gasteiger partial charge in [-0.2, -0.15) is 0 Å². The molecule has 1 atom stereocenters. The molecule has 1 fully saturated rings. The molecule has 3 nitrogen and oxygen atoms in total. The highest BCUT2D eigenvalue weighted by molar-refractivity contribution is 5.96. The van der Waals surface area contributed by atoms with Gasteiger partial charge >= 0.3 is 0 Å². The topological polar surface area (TPSA) is 40.5 Å². The number of hydrogen-bond acceptors (Lipinski definition) is 2. The Morgan fingerprint density at radius 2 is 1.71 bits per heavy atom. The smallest absolute Gasteiger partial charge is 0.229 e. The van der Waals surface area contributed by atoms with Crippen LogP contribution in [0.4, 0.5) is 23.2 Å². The molecule has 2 rings (SSSR count). The number of aliphatic hydroxyl groups excluding tert-OH is 1. The minimum Gasteiger partial charge on any atom is -0.391 e. The number of anilines is 1. The van der Waals surface area contributed by atoms with Gasteiger partial charge in [-0.1, -0.05) is 0 Å². The Morgan fingerprint density at radius 3 is 2.12 bits per heavy atom. The summed E-state index contributed by atoms with van der Waals surface area (Å²) in [4.78, 5) is 11.8. The highest BCUT2D eigenvalue weighted by atomic mass is 19.2. The number of hydrogen-bond donors (Lipinski definition) is 1. The first kappa shape index (κ1) is 11.8. The Morgan fingerprint density at radius 1 is 1.18 bits per heavy atom. The van der Waals surface area contributed by atoms with Crippen LogP contribution in [0.15, 0.2) is 6.07 Å². The molecule has 1 saturated heterocycles. The van der Waals surface area contributed by atoms with Crippen molar-refractivity contribution in [3.8, 4) is 0 Å². The van der Waals surface area contributed by atoms with E-state index in [-0.39, 0.29) is 12.5 Å². The van der Waals surface area contributed by atoms with Crippen LogP contribution in [0.25, 0.3) is 0 Å². The Balaban J connectivity index is 2.55. The largest absolute Gasteiger partial charge is 0.391 e. The molecule has 92 valence electrons. The molecule has 1 unspecified atom stereocenters. The highest BCUT2D eigenvalue weighted by Crippen LogP contribution is 2.30.